The Morgan fingerprint density at radius 1 is 1.39 bits per heavy atom. The number of rotatable bonds is 8. The van der Waals surface area contributed by atoms with Gasteiger partial charge in [-0.15, -0.1) is 0 Å². The van der Waals surface area contributed by atoms with E-state index in [9.17, 15) is 0 Å². The normalized spacial score (nSPS) is 16.3. The van der Waals surface area contributed by atoms with Gasteiger partial charge in [0.05, 0.1) is 0 Å². The highest BCUT2D eigenvalue weighted by molar-refractivity contribution is 5.27. The molecular weight excluding hydrogens is 222 g/mol. The maximum atomic E-state index is 5.45. The van der Waals surface area contributed by atoms with E-state index in [0.29, 0.717) is 6.61 Å². The van der Waals surface area contributed by atoms with Crippen LogP contribution in [-0.4, -0.2) is 13.2 Å². The highest BCUT2D eigenvalue weighted by atomic mass is 16.5. The lowest BCUT2D eigenvalue weighted by Gasteiger charge is -2.11. The molecule has 2 rings (SSSR count). The number of benzene rings is 1. The van der Waals surface area contributed by atoms with Gasteiger partial charge >= 0.3 is 0 Å². The second-order valence-electron chi connectivity index (χ2n) is 5.19. The molecule has 18 heavy (non-hydrogen) atoms. The predicted octanol–water partition coefficient (Wildman–Crippen LogP) is 3.39. The average Bonchev–Trinajstić information content (AvgIpc) is 3.22. The Labute approximate surface area is 110 Å². The fraction of sp³-hybridized carbons (Fsp3) is 0.500. The van der Waals surface area contributed by atoms with Crippen LogP contribution in [0.15, 0.2) is 36.9 Å². The molecule has 1 N–H and O–H groups in total. The van der Waals surface area contributed by atoms with Crippen LogP contribution in [-0.2, 0) is 6.54 Å². The van der Waals surface area contributed by atoms with E-state index in [2.05, 4.69) is 31.0 Å². The van der Waals surface area contributed by atoms with Crippen LogP contribution in [0.25, 0.3) is 0 Å². The van der Waals surface area contributed by atoms with Gasteiger partial charge in [0.25, 0.3) is 0 Å². The zero-order valence-electron chi connectivity index (χ0n) is 11.2. The van der Waals surface area contributed by atoms with E-state index in [1.807, 2.05) is 12.1 Å². The number of ether oxygens (including phenoxy) is 1. The third-order valence-electron chi connectivity index (χ3n) is 3.51. The van der Waals surface area contributed by atoms with Crippen molar-refractivity contribution in [2.45, 2.75) is 26.3 Å². The van der Waals surface area contributed by atoms with Gasteiger partial charge in [0, 0.05) is 6.54 Å². The fourth-order valence-corrected chi connectivity index (χ4v) is 2.13. The van der Waals surface area contributed by atoms with E-state index < -0.39 is 0 Å². The Hall–Kier alpha value is -1.28. The van der Waals surface area contributed by atoms with E-state index in [-0.39, 0.29) is 0 Å². The van der Waals surface area contributed by atoms with Gasteiger partial charge in [-0.3, -0.25) is 0 Å². The first-order valence-electron chi connectivity index (χ1n) is 6.83. The molecule has 2 heteroatoms. The lowest BCUT2D eigenvalue weighted by molar-refractivity contribution is 0.363. The largest absolute Gasteiger partial charge is 0.490 e. The van der Waals surface area contributed by atoms with Crippen LogP contribution in [0.5, 0.6) is 5.75 Å². The second-order valence-corrected chi connectivity index (χ2v) is 5.19. The smallest absolute Gasteiger partial charge is 0.119 e. The first-order valence-corrected chi connectivity index (χ1v) is 6.83. The Morgan fingerprint density at radius 3 is 2.72 bits per heavy atom. The predicted molar refractivity (Wildman–Crippen MR) is 75.7 cm³/mol. The first-order chi connectivity index (χ1) is 8.79. The van der Waals surface area contributed by atoms with Crippen molar-refractivity contribution in [1.82, 2.24) is 5.32 Å². The summed E-state index contributed by atoms with van der Waals surface area (Å²) in [5.41, 5.74) is 1.31. The maximum Gasteiger partial charge on any atom is 0.119 e. The van der Waals surface area contributed by atoms with Crippen LogP contribution in [0, 0.1) is 11.8 Å². The summed E-state index contributed by atoms with van der Waals surface area (Å²) in [6.45, 7) is 8.61. The maximum absolute atomic E-state index is 5.45. The van der Waals surface area contributed by atoms with Gasteiger partial charge in [0.15, 0.2) is 0 Å². The van der Waals surface area contributed by atoms with Crippen molar-refractivity contribution in [3.8, 4) is 5.75 Å². The molecule has 0 saturated heterocycles. The summed E-state index contributed by atoms with van der Waals surface area (Å²) in [5, 5.41) is 3.53. The van der Waals surface area contributed by atoms with Gasteiger partial charge < -0.3 is 10.1 Å². The Morgan fingerprint density at radius 2 is 2.11 bits per heavy atom. The number of hydrogen-bond donors (Lipinski definition) is 1. The molecule has 2 nitrogen and oxygen atoms in total. The van der Waals surface area contributed by atoms with Crippen LogP contribution in [0.1, 0.15) is 25.3 Å². The summed E-state index contributed by atoms with van der Waals surface area (Å²) < 4.78 is 5.45. The van der Waals surface area contributed by atoms with E-state index in [1.54, 1.807) is 6.08 Å². The van der Waals surface area contributed by atoms with Crippen molar-refractivity contribution in [2.24, 2.45) is 11.8 Å². The summed E-state index contributed by atoms with van der Waals surface area (Å²) in [6.07, 6.45) is 4.62. The van der Waals surface area contributed by atoms with Crippen molar-refractivity contribution in [1.29, 1.82) is 0 Å². The minimum absolute atomic E-state index is 0.566. The summed E-state index contributed by atoms with van der Waals surface area (Å²) >= 11 is 0. The lowest BCUT2D eigenvalue weighted by atomic mass is 10.1. The van der Waals surface area contributed by atoms with E-state index in [1.165, 1.54) is 18.4 Å². The average molecular weight is 245 g/mol. The molecule has 1 aliphatic rings. The van der Waals surface area contributed by atoms with Crippen LogP contribution in [0.4, 0.5) is 0 Å². The summed E-state index contributed by atoms with van der Waals surface area (Å²) in [4.78, 5) is 0. The monoisotopic (exact) mass is 245 g/mol. The standard InChI is InChI=1S/C16H23NO/c1-3-10-18-16-8-4-14(5-9-16)12-17-11-13(2)15-6-7-15/h3-5,8-9,13,15,17H,1,6-7,10-12H2,2H3. The molecule has 0 heterocycles. The van der Waals surface area contributed by atoms with Crippen molar-refractivity contribution in [3.05, 3.63) is 42.5 Å². The molecule has 1 aliphatic carbocycles. The molecule has 0 radical (unpaired) electrons. The van der Waals surface area contributed by atoms with Crippen LogP contribution < -0.4 is 10.1 Å². The molecule has 1 fully saturated rings. The molecular formula is C16H23NO. The highest BCUT2D eigenvalue weighted by Crippen LogP contribution is 2.36. The van der Waals surface area contributed by atoms with Gasteiger partial charge in [-0.25, -0.2) is 0 Å². The third-order valence-corrected chi connectivity index (χ3v) is 3.51. The van der Waals surface area contributed by atoms with Gasteiger partial charge in [0.1, 0.15) is 12.4 Å². The molecule has 1 aromatic rings. The zero-order chi connectivity index (χ0) is 12.8. The molecule has 1 saturated carbocycles. The summed E-state index contributed by atoms with van der Waals surface area (Å²) in [6, 6.07) is 8.27. The van der Waals surface area contributed by atoms with E-state index in [4.69, 9.17) is 4.74 Å². The van der Waals surface area contributed by atoms with Crippen molar-refractivity contribution in [2.75, 3.05) is 13.2 Å². The van der Waals surface area contributed by atoms with Gasteiger partial charge in [0.2, 0.25) is 0 Å². The molecule has 0 aromatic heterocycles. The zero-order valence-corrected chi connectivity index (χ0v) is 11.2. The molecule has 1 unspecified atom stereocenters. The third kappa shape index (κ3) is 4.19. The Balaban J connectivity index is 1.70. The number of hydrogen-bond acceptors (Lipinski definition) is 2. The minimum Gasteiger partial charge on any atom is -0.490 e. The van der Waals surface area contributed by atoms with Crippen LogP contribution in [0.3, 0.4) is 0 Å². The molecule has 1 aromatic carbocycles. The van der Waals surface area contributed by atoms with Crippen molar-refractivity contribution < 1.29 is 4.74 Å². The molecule has 0 amide bonds. The Bertz CT molecular complexity index is 367. The molecule has 1 atom stereocenters. The van der Waals surface area contributed by atoms with E-state index in [0.717, 1.165) is 30.7 Å². The topological polar surface area (TPSA) is 21.3 Å². The second kappa shape index (κ2) is 6.60. The van der Waals surface area contributed by atoms with Crippen molar-refractivity contribution >= 4 is 0 Å². The van der Waals surface area contributed by atoms with Crippen LogP contribution in [0.2, 0.25) is 0 Å². The lowest BCUT2D eigenvalue weighted by Crippen LogP contribution is -2.21. The molecule has 0 aliphatic heterocycles. The fourth-order valence-electron chi connectivity index (χ4n) is 2.13. The van der Waals surface area contributed by atoms with Gasteiger partial charge in [-0.05, 0) is 48.9 Å². The molecule has 98 valence electrons. The minimum atomic E-state index is 0.566. The summed E-state index contributed by atoms with van der Waals surface area (Å²) in [7, 11) is 0. The van der Waals surface area contributed by atoms with Crippen molar-refractivity contribution in [3.63, 3.8) is 0 Å². The van der Waals surface area contributed by atoms with Gasteiger partial charge in [-0.1, -0.05) is 31.7 Å². The molecule has 0 bridgehead atoms. The quantitative estimate of drug-likeness (QED) is 0.709. The van der Waals surface area contributed by atoms with Crippen LogP contribution >= 0.6 is 0 Å². The molecule has 0 spiro atoms. The Kier molecular flexibility index (Phi) is 4.82. The summed E-state index contributed by atoms with van der Waals surface area (Å²) in [5.74, 6) is 2.71. The van der Waals surface area contributed by atoms with E-state index >= 15 is 0 Å². The number of nitrogens with one attached hydrogen (secondary N) is 1. The highest BCUT2D eigenvalue weighted by Gasteiger charge is 2.27. The first kappa shape index (κ1) is 13.2. The SMILES string of the molecule is C=CCOc1ccc(CNCC(C)C2CC2)cc1. The van der Waals surface area contributed by atoms with Gasteiger partial charge in [-0.2, -0.15) is 0 Å².